The number of carbonyl (C=O) groups is 2. The fraction of sp³-hybridized carbons (Fsp3) is 0.579. The van der Waals surface area contributed by atoms with Crippen molar-refractivity contribution < 1.29 is 19.1 Å². The first-order valence-corrected chi connectivity index (χ1v) is 8.54. The van der Waals surface area contributed by atoms with Crippen molar-refractivity contribution in [3.8, 4) is 0 Å². The Labute approximate surface area is 139 Å². The van der Waals surface area contributed by atoms with Gasteiger partial charge in [0.05, 0.1) is 24.8 Å². The molecular formula is C19H28O4. The van der Waals surface area contributed by atoms with Gasteiger partial charge in [-0.1, -0.05) is 57.9 Å². The van der Waals surface area contributed by atoms with Gasteiger partial charge in [0.15, 0.2) is 0 Å². The molecule has 0 aliphatic rings. The van der Waals surface area contributed by atoms with Crippen LogP contribution in [0.2, 0.25) is 0 Å². The Morgan fingerprint density at radius 1 is 0.870 bits per heavy atom. The highest BCUT2D eigenvalue weighted by molar-refractivity contribution is 5.95. The number of esters is 2. The van der Waals surface area contributed by atoms with Gasteiger partial charge in [0, 0.05) is 0 Å². The van der Waals surface area contributed by atoms with Crippen molar-refractivity contribution in [1.82, 2.24) is 0 Å². The number of benzene rings is 1. The summed E-state index contributed by atoms with van der Waals surface area (Å²) in [5.41, 5.74) is 0.737. The van der Waals surface area contributed by atoms with Gasteiger partial charge in [-0.3, -0.25) is 0 Å². The van der Waals surface area contributed by atoms with Gasteiger partial charge in [-0.15, -0.1) is 0 Å². The molecule has 0 aliphatic heterocycles. The van der Waals surface area contributed by atoms with Gasteiger partial charge in [-0.2, -0.15) is 0 Å². The molecule has 23 heavy (non-hydrogen) atoms. The Morgan fingerprint density at radius 3 is 2.04 bits per heavy atom. The lowest BCUT2D eigenvalue weighted by Gasteiger charge is -2.06. The number of ether oxygens (including phenoxy) is 2. The summed E-state index contributed by atoms with van der Waals surface area (Å²) in [4.78, 5) is 23.4. The molecule has 0 atom stereocenters. The van der Waals surface area contributed by atoms with Crippen LogP contribution in [0, 0.1) is 0 Å². The van der Waals surface area contributed by atoms with E-state index < -0.39 is 11.9 Å². The van der Waals surface area contributed by atoms with Gasteiger partial charge in [0.1, 0.15) is 0 Å². The summed E-state index contributed by atoms with van der Waals surface area (Å²) in [5, 5.41) is 0. The van der Waals surface area contributed by atoms with Gasteiger partial charge in [-0.05, 0) is 24.6 Å². The number of rotatable bonds is 11. The van der Waals surface area contributed by atoms with Crippen LogP contribution in [0.3, 0.4) is 0 Å². The molecule has 0 aromatic heterocycles. The van der Waals surface area contributed by atoms with Crippen LogP contribution in [0.25, 0.3) is 0 Å². The van der Waals surface area contributed by atoms with Crippen molar-refractivity contribution in [2.24, 2.45) is 0 Å². The fourth-order valence-corrected chi connectivity index (χ4v) is 2.38. The SMILES string of the molecule is CCCCCCCCCCOC(=O)c1cccc(C(=O)OC)c1. The molecule has 0 spiro atoms. The lowest BCUT2D eigenvalue weighted by atomic mass is 10.1. The number of hydrogen-bond acceptors (Lipinski definition) is 4. The second kappa shape index (κ2) is 11.7. The lowest BCUT2D eigenvalue weighted by molar-refractivity contribution is 0.0497. The third kappa shape index (κ3) is 7.82. The molecule has 0 N–H and O–H groups in total. The van der Waals surface area contributed by atoms with Crippen LogP contribution in [-0.4, -0.2) is 25.7 Å². The molecule has 0 amide bonds. The smallest absolute Gasteiger partial charge is 0.338 e. The molecule has 4 heteroatoms. The second-order valence-electron chi connectivity index (χ2n) is 5.68. The molecule has 0 radical (unpaired) electrons. The van der Waals surface area contributed by atoms with Crippen LogP contribution in [0.15, 0.2) is 24.3 Å². The molecule has 128 valence electrons. The highest BCUT2D eigenvalue weighted by atomic mass is 16.5. The standard InChI is InChI=1S/C19H28O4/c1-3-4-5-6-7-8-9-10-14-23-19(21)17-13-11-12-16(15-17)18(20)22-2/h11-13,15H,3-10,14H2,1-2H3. The Hall–Kier alpha value is -1.84. The van der Waals surface area contributed by atoms with Crippen LogP contribution in [0.5, 0.6) is 0 Å². The summed E-state index contributed by atoms with van der Waals surface area (Å²) in [6.07, 6.45) is 9.64. The first kappa shape index (κ1) is 19.2. The minimum Gasteiger partial charge on any atom is -0.465 e. The zero-order valence-corrected chi connectivity index (χ0v) is 14.3. The van der Waals surface area contributed by atoms with Gasteiger partial charge in [-0.25, -0.2) is 9.59 Å². The summed E-state index contributed by atoms with van der Waals surface area (Å²) >= 11 is 0. The quantitative estimate of drug-likeness (QED) is 0.435. The van der Waals surface area contributed by atoms with Gasteiger partial charge < -0.3 is 9.47 Å². The first-order chi connectivity index (χ1) is 11.2. The van der Waals surface area contributed by atoms with E-state index in [-0.39, 0.29) is 0 Å². The van der Waals surface area contributed by atoms with Crippen LogP contribution < -0.4 is 0 Å². The molecule has 0 bridgehead atoms. The topological polar surface area (TPSA) is 52.6 Å². The molecule has 1 aromatic rings. The summed E-state index contributed by atoms with van der Waals surface area (Å²) in [6, 6.07) is 6.41. The highest BCUT2D eigenvalue weighted by Crippen LogP contribution is 2.10. The predicted molar refractivity (Wildman–Crippen MR) is 90.7 cm³/mol. The van der Waals surface area contributed by atoms with Crippen LogP contribution in [-0.2, 0) is 9.47 Å². The second-order valence-corrected chi connectivity index (χ2v) is 5.68. The molecule has 1 rings (SSSR count). The molecule has 4 nitrogen and oxygen atoms in total. The Balaban J connectivity index is 2.20. The van der Waals surface area contributed by atoms with Crippen molar-refractivity contribution in [1.29, 1.82) is 0 Å². The Kier molecular flexibility index (Phi) is 9.76. The number of methoxy groups -OCH3 is 1. The zero-order chi connectivity index (χ0) is 16.9. The van der Waals surface area contributed by atoms with Crippen molar-refractivity contribution >= 4 is 11.9 Å². The van der Waals surface area contributed by atoms with E-state index in [9.17, 15) is 9.59 Å². The molecule has 1 aromatic carbocycles. The van der Waals surface area contributed by atoms with E-state index in [0.29, 0.717) is 17.7 Å². The molecule has 0 aliphatic carbocycles. The van der Waals surface area contributed by atoms with E-state index >= 15 is 0 Å². The van der Waals surface area contributed by atoms with Crippen LogP contribution in [0.1, 0.15) is 79.0 Å². The highest BCUT2D eigenvalue weighted by Gasteiger charge is 2.11. The lowest BCUT2D eigenvalue weighted by Crippen LogP contribution is -2.08. The van der Waals surface area contributed by atoms with Crippen molar-refractivity contribution in [3.63, 3.8) is 0 Å². The molecule has 0 fully saturated rings. The van der Waals surface area contributed by atoms with E-state index in [1.165, 1.54) is 51.7 Å². The van der Waals surface area contributed by atoms with E-state index in [1.807, 2.05) is 0 Å². The normalized spacial score (nSPS) is 10.3. The fourth-order valence-electron chi connectivity index (χ4n) is 2.38. The third-order valence-electron chi connectivity index (χ3n) is 3.75. The first-order valence-electron chi connectivity index (χ1n) is 8.54. The average Bonchev–Trinajstić information content (AvgIpc) is 2.59. The number of carbonyl (C=O) groups excluding carboxylic acids is 2. The summed E-state index contributed by atoms with van der Waals surface area (Å²) < 4.78 is 9.89. The summed E-state index contributed by atoms with van der Waals surface area (Å²) in [5.74, 6) is -0.846. The number of hydrogen-bond donors (Lipinski definition) is 0. The maximum atomic E-state index is 11.9. The van der Waals surface area contributed by atoms with Gasteiger partial charge in [0.2, 0.25) is 0 Å². The molecule has 0 unspecified atom stereocenters. The van der Waals surface area contributed by atoms with Crippen molar-refractivity contribution in [3.05, 3.63) is 35.4 Å². The molecule has 0 heterocycles. The molecular weight excluding hydrogens is 292 g/mol. The zero-order valence-electron chi connectivity index (χ0n) is 14.3. The largest absolute Gasteiger partial charge is 0.465 e. The molecule has 0 saturated heterocycles. The van der Waals surface area contributed by atoms with Gasteiger partial charge in [0.25, 0.3) is 0 Å². The van der Waals surface area contributed by atoms with Crippen LogP contribution in [0.4, 0.5) is 0 Å². The van der Waals surface area contributed by atoms with Crippen molar-refractivity contribution in [2.75, 3.05) is 13.7 Å². The predicted octanol–water partition coefficient (Wildman–Crippen LogP) is 4.77. The monoisotopic (exact) mass is 320 g/mol. The molecule has 0 saturated carbocycles. The minimum absolute atomic E-state index is 0.356. The van der Waals surface area contributed by atoms with E-state index in [2.05, 4.69) is 11.7 Å². The summed E-state index contributed by atoms with van der Waals surface area (Å²) in [7, 11) is 1.32. The van der Waals surface area contributed by atoms with Gasteiger partial charge >= 0.3 is 11.9 Å². The maximum absolute atomic E-state index is 11.9. The Bertz CT molecular complexity index is 482. The van der Waals surface area contributed by atoms with Crippen molar-refractivity contribution in [2.45, 2.75) is 58.3 Å². The third-order valence-corrected chi connectivity index (χ3v) is 3.75. The van der Waals surface area contributed by atoms with E-state index in [1.54, 1.807) is 18.2 Å². The minimum atomic E-state index is -0.456. The summed E-state index contributed by atoms with van der Waals surface area (Å²) in [6.45, 7) is 2.64. The number of unbranched alkanes of at least 4 members (excludes halogenated alkanes) is 7. The van der Waals surface area contributed by atoms with E-state index in [4.69, 9.17) is 4.74 Å². The average molecular weight is 320 g/mol. The maximum Gasteiger partial charge on any atom is 0.338 e. The van der Waals surface area contributed by atoms with E-state index in [0.717, 1.165) is 12.8 Å². The van der Waals surface area contributed by atoms with Crippen LogP contribution >= 0.6 is 0 Å². The Morgan fingerprint density at radius 2 is 1.43 bits per heavy atom.